The van der Waals surface area contributed by atoms with Crippen LogP contribution in [-0.2, 0) is 19.4 Å². The number of phenols is 1. The number of aromatic hydroxyl groups is 1. The van der Waals surface area contributed by atoms with Crippen LogP contribution in [0.1, 0.15) is 75.0 Å². The van der Waals surface area contributed by atoms with Crippen LogP contribution in [0.2, 0.25) is 0 Å². The number of hydrogen-bond donors (Lipinski definition) is 3. The van der Waals surface area contributed by atoms with Crippen molar-refractivity contribution in [3.8, 4) is 5.75 Å². The van der Waals surface area contributed by atoms with E-state index >= 15 is 0 Å². The molecule has 1 aromatic carbocycles. The van der Waals surface area contributed by atoms with Gasteiger partial charge in [-0.05, 0) is 75.5 Å². The average Bonchev–Trinajstić information content (AvgIpc) is 3.28. The van der Waals surface area contributed by atoms with E-state index in [1.807, 2.05) is 6.07 Å². The third-order valence-corrected chi connectivity index (χ3v) is 7.08. The summed E-state index contributed by atoms with van der Waals surface area (Å²) in [5.41, 5.74) is 3.76. The second-order valence-corrected chi connectivity index (χ2v) is 9.00. The monoisotopic (exact) mass is 526 g/mol. The lowest BCUT2D eigenvalue weighted by atomic mass is 9.88. The van der Waals surface area contributed by atoms with Crippen LogP contribution in [0, 0.1) is 0 Å². The number of aliphatic imine (C=N–C) groups is 1. The standard InChI is InChI=1S/C24H38N4O.HI/c1-2-25-24(27-19-13-15-28(16-14-19)20-8-4-5-9-20)26-17-22-21-10-6-3-7-18(21)11-12-23(22)29;/h11-12,19-20,29H,2-10,13-17H2,1H3,(H2,25,26,27);1H. The minimum Gasteiger partial charge on any atom is -0.508 e. The predicted molar refractivity (Wildman–Crippen MR) is 135 cm³/mol. The molecule has 4 rings (SSSR count). The van der Waals surface area contributed by atoms with Crippen LogP contribution < -0.4 is 10.6 Å². The fourth-order valence-corrected chi connectivity index (χ4v) is 5.42. The molecule has 0 amide bonds. The highest BCUT2D eigenvalue weighted by atomic mass is 127. The summed E-state index contributed by atoms with van der Waals surface area (Å²) in [4.78, 5) is 7.58. The molecule has 0 aromatic heterocycles. The summed E-state index contributed by atoms with van der Waals surface area (Å²) in [6.45, 7) is 5.92. The molecule has 0 atom stereocenters. The molecule has 1 aliphatic heterocycles. The molecule has 0 bridgehead atoms. The molecule has 5 nitrogen and oxygen atoms in total. The van der Waals surface area contributed by atoms with Gasteiger partial charge in [-0.2, -0.15) is 0 Å². The number of likely N-dealkylation sites (tertiary alicyclic amines) is 1. The van der Waals surface area contributed by atoms with Gasteiger partial charge in [-0.15, -0.1) is 24.0 Å². The Morgan fingerprint density at radius 1 is 1.07 bits per heavy atom. The minimum absolute atomic E-state index is 0. The molecule has 1 saturated heterocycles. The molecular weight excluding hydrogens is 487 g/mol. The number of benzene rings is 1. The Kier molecular flexibility index (Phi) is 9.11. The summed E-state index contributed by atoms with van der Waals surface area (Å²) in [6.07, 6.45) is 12.7. The third kappa shape index (κ3) is 5.81. The first-order valence-electron chi connectivity index (χ1n) is 11.9. The molecule has 2 aliphatic carbocycles. The summed E-state index contributed by atoms with van der Waals surface area (Å²) in [5, 5.41) is 17.5. The Morgan fingerprint density at radius 2 is 1.80 bits per heavy atom. The number of nitrogens with zero attached hydrogens (tertiary/aromatic N) is 2. The van der Waals surface area contributed by atoms with E-state index in [1.165, 1.54) is 75.6 Å². The number of hydrogen-bond acceptors (Lipinski definition) is 3. The second kappa shape index (κ2) is 11.6. The molecule has 1 heterocycles. The van der Waals surface area contributed by atoms with E-state index in [1.54, 1.807) is 0 Å². The highest BCUT2D eigenvalue weighted by Crippen LogP contribution is 2.31. The van der Waals surface area contributed by atoms with Crippen LogP contribution in [0.15, 0.2) is 17.1 Å². The van der Waals surface area contributed by atoms with Gasteiger partial charge in [0.1, 0.15) is 5.75 Å². The summed E-state index contributed by atoms with van der Waals surface area (Å²) in [7, 11) is 0. The summed E-state index contributed by atoms with van der Waals surface area (Å²) < 4.78 is 0. The maximum absolute atomic E-state index is 10.4. The van der Waals surface area contributed by atoms with Crippen molar-refractivity contribution in [2.24, 2.45) is 4.99 Å². The molecule has 1 aromatic rings. The van der Waals surface area contributed by atoms with Crippen molar-refractivity contribution in [2.45, 2.75) is 89.8 Å². The SMILES string of the molecule is CCNC(=NCc1c(O)ccc2c1CCCC2)NC1CCN(C2CCCC2)CC1.I. The van der Waals surface area contributed by atoms with Gasteiger partial charge in [0.25, 0.3) is 0 Å². The molecule has 30 heavy (non-hydrogen) atoms. The van der Waals surface area contributed by atoms with Crippen LogP contribution in [0.4, 0.5) is 0 Å². The highest BCUT2D eigenvalue weighted by Gasteiger charge is 2.27. The van der Waals surface area contributed by atoms with Gasteiger partial charge in [-0.25, -0.2) is 4.99 Å². The summed E-state index contributed by atoms with van der Waals surface area (Å²) in [6, 6.07) is 5.28. The largest absolute Gasteiger partial charge is 0.508 e. The van der Waals surface area contributed by atoms with Gasteiger partial charge in [0.2, 0.25) is 0 Å². The van der Waals surface area contributed by atoms with Gasteiger partial charge in [0.05, 0.1) is 6.54 Å². The molecule has 0 unspecified atom stereocenters. The zero-order valence-corrected chi connectivity index (χ0v) is 20.8. The Bertz CT molecular complexity index is 709. The van der Waals surface area contributed by atoms with Crippen molar-refractivity contribution in [1.82, 2.24) is 15.5 Å². The Balaban J connectivity index is 0.00000256. The lowest BCUT2D eigenvalue weighted by molar-refractivity contribution is 0.150. The maximum atomic E-state index is 10.4. The van der Waals surface area contributed by atoms with Crippen LogP contribution in [0.25, 0.3) is 0 Å². The number of aryl methyl sites for hydroxylation is 1. The molecule has 0 spiro atoms. The number of piperidine rings is 1. The van der Waals surface area contributed by atoms with Crippen LogP contribution in [0.3, 0.4) is 0 Å². The Labute approximate surface area is 199 Å². The van der Waals surface area contributed by atoms with Gasteiger partial charge >= 0.3 is 0 Å². The topological polar surface area (TPSA) is 59.9 Å². The van der Waals surface area contributed by atoms with Crippen molar-refractivity contribution in [1.29, 1.82) is 0 Å². The number of phenolic OH excluding ortho intramolecular Hbond substituents is 1. The number of rotatable bonds is 5. The molecule has 3 N–H and O–H groups in total. The average molecular weight is 527 g/mol. The molecule has 0 radical (unpaired) electrons. The second-order valence-electron chi connectivity index (χ2n) is 9.00. The van der Waals surface area contributed by atoms with E-state index < -0.39 is 0 Å². The Morgan fingerprint density at radius 3 is 2.53 bits per heavy atom. The summed E-state index contributed by atoms with van der Waals surface area (Å²) in [5.74, 6) is 1.29. The maximum Gasteiger partial charge on any atom is 0.191 e. The van der Waals surface area contributed by atoms with E-state index in [0.717, 1.165) is 37.0 Å². The first-order chi connectivity index (χ1) is 14.2. The quantitative estimate of drug-likeness (QED) is 0.304. The van der Waals surface area contributed by atoms with Crippen molar-refractivity contribution in [3.05, 3.63) is 28.8 Å². The van der Waals surface area contributed by atoms with E-state index in [2.05, 4.69) is 28.5 Å². The van der Waals surface area contributed by atoms with Crippen LogP contribution >= 0.6 is 24.0 Å². The highest BCUT2D eigenvalue weighted by molar-refractivity contribution is 14.0. The Hall–Kier alpha value is -1.02. The molecule has 2 fully saturated rings. The lowest BCUT2D eigenvalue weighted by Gasteiger charge is -2.36. The lowest BCUT2D eigenvalue weighted by Crippen LogP contribution is -2.50. The van der Waals surface area contributed by atoms with E-state index in [0.29, 0.717) is 18.3 Å². The van der Waals surface area contributed by atoms with Crippen molar-refractivity contribution < 1.29 is 5.11 Å². The smallest absolute Gasteiger partial charge is 0.191 e. The predicted octanol–water partition coefficient (Wildman–Crippen LogP) is 4.35. The minimum atomic E-state index is 0. The van der Waals surface area contributed by atoms with E-state index in [-0.39, 0.29) is 24.0 Å². The molecular formula is C24H39IN4O. The summed E-state index contributed by atoms with van der Waals surface area (Å²) >= 11 is 0. The van der Waals surface area contributed by atoms with Gasteiger partial charge < -0.3 is 20.6 Å². The molecule has 1 saturated carbocycles. The molecule has 168 valence electrons. The van der Waals surface area contributed by atoms with Gasteiger partial charge in [-0.3, -0.25) is 0 Å². The zero-order valence-electron chi connectivity index (χ0n) is 18.5. The number of guanidine groups is 1. The van der Waals surface area contributed by atoms with Gasteiger partial charge in [-0.1, -0.05) is 18.9 Å². The van der Waals surface area contributed by atoms with Crippen molar-refractivity contribution in [3.63, 3.8) is 0 Å². The van der Waals surface area contributed by atoms with E-state index in [9.17, 15) is 5.11 Å². The number of fused-ring (bicyclic) bond motifs is 1. The fraction of sp³-hybridized carbons (Fsp3) is 0.708. The molecule has 3 aliphatic rings. The third-order valence-electron chi connectivity index (χ3n) is 7.08. The normalized spacial score (nSPS) is 21.2. The zero-order chi connectivity index (χ0) is 20.1. The van der Waals surface area contributed by atoms with Crippen LogP contribution in [-0.4, -0.2) is 47.7 Å². The van der Waals surface area contributed by atoms with E-state index in [4.69, 9.17) is 4.99 Å². The first kappa shape index (κ1) is 23.6. The van der Waals surface area contributed by atoms with Crippen LogP contribution in [0.5, 0.6) is 5.75 Å². The van der Waals surface area contributed by atoms with Gasteiger partial charge in [0.15, 0.2) is 5.96 Å². The first-order valence-corrected chi connectivity index (χ1v) is 11.9. The van der Waals surface area contributed by atoms with Crippen molar-refractivity contribution >= 4 is 29.9 Å². The number of nitrogens with one attached hydrogen (secondary N) is 2. The molecule has 6 heteroatoms. The number of halogens is 1. The fourth-order valence-electron chi connectivity index (χ4n) is 5.42. The van der Waals surface area contributed by atoms with Crippen molar-refractivity contribution in [2.75, 3.05) is 19.6 Å². The van der Waals surface area contributed by atoms with Gasteiger partial charge in [0, 0.05) is 37.3 Å².